The molecule has 0 spiro atoms. The van der Waals surface area contributed by atoms with Crippen LogP contribution in [0.4, 0.5) is 5.00 Å². The molecule has 174 valence electrons. The van der Waals surface area contributed by atoms with Crippen molar-refractivity contribution in [2.45, 2.75) is 30.7 Å². The van der Waals surface area contributed by atoms with E-state index in [-0.39, 0.29) is 34.2 Å². The summed E-state index contributed by atoms with van der Waals surface area (Å²) < 4.78 is 8.14. The number of hydrogen-bond acceptors (Lipinski definition) is 7. The molecule has 0 radical (unpaired) electrons. The predicted molar refractivity (Wildman–Crippen MR) is 128 cm³/mol. The predicted octanol–water partition coefficient (Wildman–Crippen LogP) is 5.60. The first-order valence-electron chi connectivity index (χ1n) is 9.36. The van der Waals surface area contributed by atoms with E-state index in [0.717, 1.165) is 11.3 Å². The summed E-state index contributed by atoms with van der Waals surface area (Å²) in [6, 6.07) is 6.10. The van der Waals surface area contributed by atoms with Gasteiger partial charge in [0.2, 0.25) is 3.79 Å². The van der Waals surface area contributed by atoms with Crippen molar-refractivity contribution < 1.29 is 23.9 Å². The van der Waals surface area contributed by atoms with Gasteiger partial charge in [0.25, 0.3) is 5.91 Å². The van der Waals surface area contributed by atoms with E-state index < -0.39 is 27.8 Å². The Bertz CT molecular complexity index is 989. The molecule has 1 aromatic carbocycles. The zero-order valence-corrected chi connectivity index (χ0v) is 21.1. The van der Waals surface area contributed by atoms with E-state index in [4.69, 9.17) is 55.9 Å². The molecule has 0 aliphatic rings. The van der Waals surface area contributed by atoms with Crippen LogP contribution < -0.4 is 10.6 Å². The largest absolute Gasteiger partial charge is 0.462 e. The third-order valence-electron chi connectivity index (χ3n) is 4.07. The van der Waals surface area contributed by atoms with Crippen LogP contribution in [0.3, 0.4) is 0 Å². The maximum atomic E-state index is 12.7. The van der Waals surface area contributed by atoms with Crippen molar-refractivity contribution in [2.24, 2.45) is 0 Å². The molecule has 0 fully saturated rings. The number of esters is 2. The van der Waals surface area contributed by atoms with Gasteiger partial charge in [-0.1, -0.05) is 46.4 Å². The number of carbonyl (C=O) groups is 3. The van der Waals surface area contributed by atoms with Crippen LogP contribution in [0.1, 0.15) is 49.8 Å². The van der Waals surface area contributed by atoms with Gasteiger partial charge in [0, 0.05) is 10.6 Å². The Morgan fingerprint density at radius 3 is 2.12 bits per heavy atom. The zero-order chi connectivity index (χ0) is 24.1. The zero-order valence-electron chi connectivity index (χ0n) is 17.3. The van der Waals surface area contributed by atoms with Gasteiger partial charge in [-0.15, -0.1) is 11.3 Å². The van der Waals surface area contributed by atoms with Gasteiger partial charge < -0.3 is 20.1 Å². The topological polar surface area (TPSA) is 93.7 Å². The van der Waals surface area contributed by atoms with Crippen LogP contribution in [0.2, 0.25) is 5.02 Å². The molecule has 1 amide bonds. The van der Waals surface area contributed by atoms with Gasteiger partial charge in [-0.25, -0.2) is 9.59 Å². The molecule has 1 aromatic heterocycles. The fourth-order valence-corrected chi connectivity index (χ4v) is 4.17. The summed E-state index contributed by atoms with van der Waals surface area (Å²) in [6.45, 7) is 5.16. The molecule has 0 unspecified atom stereocenters. The fourth-order valence-electron chi connectivity index (χ4n) is 2.60. The van der Waals surface area contributed by atoms with Crippen LogP contribution in [-0.4, -0.2) is 41.0 Å². The minimum atomic E-state index is -2.02. The SMILES string of the molecule is CCOC(=O)c1sc(N[C@@H](NC(=O)c2ccc(Cl)cc2)C(Cl)(Cl)Cl)c(C(=O)OCC)c1C. The molecular formula is C20H20Cl4N2O5S. The highest BCUT2D eigenvalue weighted by molar-refractivity contribution is 7.18. The van der Waals surface area contributed by atoms with Crippen LogP contribution in [0.15, 0.2) is 24.3 Å². The van der Waals surface area contributed by atoms with Crippen molar-refractivity contribution in [1.29, 1.82) is 0 Å². The Morgan fingerprint density at radius 2 is 1.59 bits per heavy atom. The second-order valence-electron chi connectivity index (χ2n) is 6.30. The van der Waals surface area contributed by atoms with Gasteiger partial charge in [0.05, 0.1) is 18.8 Å². The van der Waals surface area contributed by atoms with E-state index in [0.29, 0.717) is 10.6 Å². The summed E-state index contributed by atoms with van der Waals surface area (Å²) in [6.07, 6.45) is -1.27. The number of rotatable bonds is 8. The third kappa shape index (κ3) is 6.65. The van der Waals surface area contributed by atoms with E-state index in [1.807, 2.05) is 0 Å². The number of nitrogens with one attached hydrogen (secondary N) is 2. The maximum absolute atomic E-state index is 12.7. The van der Waals surface area contributed by atoms with E-state index in [1.54, 1.807) is 32.9 Å². The molecule has 7 nitrogen and oxygen atoms in total. The lowest BCUT2D eigenvalue weighted by Gasteiger charge is -2.27. The van der Waals surface area contributed by atoms with Crippen molar-refractivity contribution in [2.75, 3.05) is 18.5 Å². The Morgan fingerprint density at radius 1 is 1.03 bits per heavy atom. The molecule has 0 bridgehead atoms. The van der Waals surface area contributed by atoms with E-state index >= 15 is 0 Å². The lowest BCUT2D eigenvalue weighted by Crippen LogP contribution is -2.49. The van der Waals surface area contributed by atoms with Gasteiger partial charge in [-0.05, 0) is 50.6 Å². The van der Waals surface area contributed by atoms with Gasteiger partial charge in [0.15, 0.2) is 0 Å². The Kier molecular flexibility index (Phi) is 9.48. The van der Waals surface area contributed by atoms with Crippen LogP contribution in [0.25, 0.3) is 0 Å². The molecule has 32 heavy (non-hydrogen) atoms. The number of hydrogen-bond donors (Lipinski definition) is 2. The average molecular weight is 542 g/mol. The van der Waals surface area contributed by atoms with E-state index in [2.05, 4.69) is 10.6 Å². The Hall–Kier alpha value is -1.71. The van der Waals surface area contributed by atoms with Crippen LogP contribution in [0.5, 0.6) is 0 Å². The van der Waals surface area contributed by atoms with Crippen LogP contribution in [0, 0.1) is 6.92 Å². The highest BCUT2D eigenvalue weighted by atomic mass is 35.6. The lowest BCUT2D eigenvalue weighted by molar-refractivity contribution is 0.0527. The van der Waals surface area contributed by atoms with Crippen LogP contribution >= 0.6 is 57.7 Å². The number of alkyl halides is 3. The number of ether oxygens (including phenoxy) is 2. The molecule has 2 aromatic rings. The van der Waals surface area contributed by atoms with Gasteiger partial charge in [0.1, 0.15) is 16.0 Å². The minimum absolute atomic E-state index is 0.0832. The van der Waals surface area contributed by atoms with Crippen molar-refractivity contribution in [1.82, 2.24) is 5.32 Å². The van der Waals surface area contributed by atoms with Gasteiger partial charge in [-0.3, -0.25) is 4.79 Å². The van der Waals surface area contributed by atoms with Crippen LogP contribution in [-0.2, 0) is 9.47 Å². The van der Waals surface area contributed by atoms with E-state index in [1.165, 1.54) is 12.1 Å². The summed E-state index contributed by atoms with van der Waals surface area (Å²) in [5, 5.41) is 6.06. The molecule has 0 saturated carbocycles. The smallest absolute Gasteiger partial charge is 0.348 e. The number of anilines is 1. The molecule has 1 atom stereocenters. The first-order valence-corrected chi connectivity index (χ1v) is 11.7. The maximum Gasteiger partial charge on any atom is 0.348 e. The monoisotopic (exact) mass is 540 g/mol. The van der Waals surface area contributed by atoms with Crippen molar-refractivity contribution in [3.05, 3.63) is 50.9 Å². The second kappa shape index (κ2) is 11.4. The number of thiophene rings is 1. The summed E-state index contributed by atoms with van der Waals surface area (Å²) in [5.74, 6) is -1.84. The lowest BCUT2D eigenvalue weighted by atomic mass is 10.1. The molecular weight excluding hydrogens is 522 g/mol. The molecule has 0 aliphatic carbocycles. The standard InChI is InChI=1S/C20H20Cl4N2O5S/c1-4-30-17(28)13-10(3)14(18(29)31-5-2)32-16(13)26-19(20(22,23)24)25-15(27)11-6-8-12(21)9-7-11/h6-9,19,26H,4-5H2,1-3H3,(H,25,27)/t19-/m1/s1. The number of halogens is 4. The normalized spacial score (nSPS) is 12.1. The van der Waals surface area contributed by atoms with Crippen molar-refractivity contribution >= 4 is 80.6 Å². The molecule has 2 N–H and O–H groups in total. The summed E-state index contributed by atoms with van der Waals surface area (Å²) in [7, 11) is 0. The van der Waals surface area contributed by atoms with Gasteiger partial charge in [-0.2, -0.15) is 0 Å². The number of carbonyl (C=O) groups excluding carboxylic acids is 3. The summed E-state index contributed by atoms with van der Waals surface area (Å²) in [5.41, 5.74) is 0.706. The number of benzene rings is 1. The highest BCUT2D eigenvalue weighted by Gasteiger charge is 2.37. The minimum Gasteiger partial charge on any atom is -0.462 e. The summed E-state index contributed by atoms with van der Waals surface area (Å²) in [4.78, 5) is 37.8. The summed E-state index contributed by atoms with van der Waals surface area (Å²) >= 11 is 25.0. The molecule has 12 heteroatoms. The molecule has 2 rings (SSSR count). The number of amides is 1. The second-order valence-corrected chi connectivity index (χ2v) is 10.1. The third-order valence-corrected chi connectivity index (χ3v) is 6.18. The Labute approximate surface area is 209 Å². The molecule has 0 saturated heterocycles. The average Bonchev–Trinajstić information content (AvgIpc) is 3.03. The quantitative estimate of drug-likeness (QED) is 0.256. The van der Waals surface area contributed by atoms with E-state index in [9.17, 15) is 14.4 Å². The fraction of sp³-hybridized carbons (Fsp3) is 0.350. The Balaban J connectivity index is 2.42. The van der Waals surface area contributed by atoms with Gasteiger partial charge >= 0.3 is 11.9 Å². The first kappa shape index (κ1) is 26.5. The first-order chi connectivity index (χ1) is 15.0. The molecule has 1 heterocycles. The molecule has 0 aliphatic heterocycles. The van der Waals surface area contributed by atoms with Crippen molar-refractivity contribution in [3.8, 4) is 0 Å². The van der Waals surface area contributed by atoms with Crippen molar-refractivity contribution in [3.63, 3.8) is 0 Å². The highest BCUT2D eigenvalue weighted by Crippen LogP contribution is 2.38.